The first kappa shape index (κ1) is 19.8. The van der Waals surface area contributed by atoms with Crippen LogP contribution in [-0.2, 0) is 0 Å². The number of unbranched alkanes of at least 4 members (excludes halogenated alkanes) is 1. The molecule has 0 amide bonds. The highest BCUT2D eigenvalue weighted by molar-refractivity contribution is 5.61. The standard InChI is InChI=1S/C22H37N/c1-9-11-15-23(22(16(3)4)17(5)6)21-14-12-13-20(19(21)8)18(7)10-2/h12-14,16,18H,9-11,15H2,1-8H3. The number of hydrogen-bond donors (Lipinski definition) is 0. The normalized spacial score (nSPS) is 12.4. The van der Waals surface area contributed by atoms with Crippen LogP contribution in [0.5, 0.6) is 0 Å². The van der Waals surface area contributed by atoms with Crippen molar-refractivity contribution in [3.8, 4) is 0 Å². The molecule has 0 saturated heterocycles. The van der Waals surface area contributed by atoms with E-state index in [1.54, 1.807) is 0 Å². The minimum Gasteiger partial charge on any atom is -0.345 e. The molecule has 0 fully saturated rings. The molecule has 0 N–H and O–H groups in total. The molecule has 130 valence electrons. The molecule has 1 atom stereocenters. The third kappa shape index (κ3) is 4.86. The van der Waals surface area contributed by atoms with Crippen molar-refractivity contribution in [3.63, 3.8) is 0 Å². The number of hydrogen-bond acceptors (Lipinski definition) is 1. The summed E-state index contributed by atoms with van der Waals surface area (Å²) >= 11 is 0. The first-order valence-corrected chi connectivity index (χ1v) is 9.39. The van der Waals surface area contributed by atoms with E-state index in [1.807, 2.05) is 0 Å². The molecule has 1 aromatic carbocycles. The molecule has 0 aliphatic carbocycles. The number of allylic oxidation sites excluding steroid dienone is 2. The summed E-state index contributed by atoms with van der Waals surface area (Å²) in [6.45, 7) is 19.4. The summed E-state index contributed by atoms with van der Waals surface area (Å²) in [5.41, 5.74) is 7.29. The Morgan fingerprint density at radius 1 is 1.09 bits per heavy atom. The monoisotopic (exact) mass is 315 g/mol. The Kier molecular flexibility index (Phi) is 7.88. The van der Waals surface area contributed by atoms with Gasteiger partial charge in [-0.15, -0.1) is 0 Å². The molecular formula is C22H37N. The van der Waals surface area contributed by atoms with Gasteiger partial charge in [-0.1, -0.05) is 58.7 Å². The van der Waals surface area contributed by atoms with Gasteiger partial charge in [-0.05, 0) is 62.6 Å². The van der Waals surface area contributed by atoms with Crippen molar-refractivity contribution in [2.24, 2.45) is 5.92 Å². The second-order valence-corrected chi connectivity index (χ2v) is 7.35. The first-order valence-electron chi connectivity index (χ1n) is 9.39. The molecule has 0 aliphatic heterocycles. The van der Waals surface area contributed by atoms with Gasteiger partial charge in [0, 0.05) is 17.9 Å². The van der Waals surface area contributed by atoms with E-state index in [4.69, 9.17) is 0 Å². The lowest BCUT2D eigenvalue weighted by Crippen LogP contribution is -2.28. The smallest absolute Gasteiger partial charge is 0.0440 e. The molecule has 1 aromatic rings. The van der Waals surface area contributed by atoms with Crippen LogP contribution in [0.2, 0.25) is 0 Å². The van der Waals surface area contributed by atoms with Crippen LogP contribution < -0.4 is 4.90 Å². The van der Waals surface area contributed by atoms with Gasteiger partial charge in [-0.2, -0.15) is 0 Å². The van der Waals surface area contributed by atoms with Gasteiger partial charge in [0.15, 0.2) is 0 Å². The summed E-state index contributed by atoms with van der Waals surface area (Å²) < 4.78 is 0. The Morgan fingerprint density at radius 2 is 1.74 bits per heavy atom. The van der Waals surface area contributed by atoms with Crippen molar-refractivity contribution in [1.29, 1.82) is 0 Å². The molecule has 0 aliphatic rings. The van der Waals surface area contributed by atoms with Crippen molar-refractivity contribution in [3.05, 3.63) is 40.6 Å². The highest BCUT2D eigenvalue weighted by Crippen LogP contribution is 2.34. The van der Waals surface area contributed by atoms with E-state index in [2.05, 4.69) is 78.5 Å². The van der Waals surface area contributed by atoms with Crippen LogP contribution in [0.3, 0.4) is 0 Å². The van der Waals surface area contributed by atoms with E-state index in [0.29, 0.717) is 11.8 Å². The number of rotatable bonds is 8. The zero-order chi connectivity index (χ0) is 17.6. The Morgan fingerprint density at radius 3 is 2.22 bits per heavy atom. The van der Waals surface area contributed by atoms with Crippen molar-refractivity contribution >= 4 is 5.69 Å². The second-order valence-electron chi connectivity index (χ2n) is 7.35. The largest absolute Gasteiger partial charge is 0.345 e. The van der Waals surface area contributed by atoms with Crippen LogP contribution >= 0.6 is 0 Å². The predicted molar refractivity (Wildman–Crippen MR) is 105 cm³/mol. The summed E-state index contributed by atoms with van der Waals surface area (Å²) in [6, 6.07) is 6.86. The van der Waals surface area contributed by atoms with Crippen molar-refractivity contribution < 1.29 is 0 Å². The zero-order valence-electron chi connectivity index (χ0n) is 16.7. The van der Waals surface area contributed by atoms with E-state index in [0.717, 1.165) is 6.54 Å². The van der Waals surface area contributed by atoms with Gasteiger partial charge in [-0.25, -0.2) is 0 Å². The third-order valence-electron chi connectivity index (χ3n) is 4.87. The van der Waals surface area contributed by atoms with Gasteiger partial charge in [0.2, 0.25) is 0 Å². The fourth-order valence-corrected chi connectivity index (χ4v) is 3.53. The Hall–Kier alpha value is -1.24. The van der Waals surface area contributed by atoms with Crippen LogP contribution in [0.4, 0.5) is 5.69 Å². The summed E-state index contributed by atoms with van der Waals surface area (Å²) in [5, 5.41) is 0. The van der Waals surface area contributed by atoms with Crippen LogP contribution in [0.1, 0.15) is 84.8 Å². The molecular weight excluding hydrogens is 278 g/mol. The molecule has 1 rings (SSSR count). The lowest BCUT2D eigenvalue weighted by atomic mass is 9.92. The molecule has 0 bridgehead atoms. The minimum atomic E-state index is 0.545. The van der Waals surface area contributed by atoms with Gasteiger partial charge < -0.3 is 4.90 Å². The molecule has 1 heteroatoms. The third-order valence-corrected chi connectivity index (χ3v) is 4.87. The fourth-order valence-electron chi connectivity index (χ4n) is 3.53. The van der Waals surface area contributed by atoms with E-state index in [1.165, 1.54) is 47.3 Å². The molecule has 0 radical (unpaired) electrons. The van der Waals surface area contributed by atoms with E-state index in [-0.39, 0.29) is 0 Å². The van der Waals surface area contributed by atoms with Crippen molar-refractivity contribution in [1.82, 2.24) is 0 Å². The van der Waals surface area contributed by atoms with Gasteiger partial charge in [0.05, 0.1) is 0 Å². The van der Waals surface area contributed by atoms with Gasteiger partial charge >= 0.3 is 0 Å². The van der Waals surface area contributed by atoms with Gasteiger partial charge in [0.1, 0.15) is 0 Å². The minimum absolute atomic E-state index is 0.545. The fraction of sp³-hybridized carbons (Fsp3) is 0.636. The Labute approximate surface area is 144 Å². The maximum Gasteiger partial charge on any atom is 0.0440 e. The SMILES string of the molecule is CCCCN(C(=C(C)C)C(C)C)c1cccc(C(C)CC)c1C. The molecule has 0 spiro atoms. The van der Waals surface area contributed by atoms with Gasteiger partial charge in [-0.3, -0.25) is 0 Å². The van der Waals surface area contributed by atoms with Crippen LogP contribution in [0.15, 0.2) is 29.5 Å². The highest BCUT2D eigenvalue weighted by Gasteiger charge is 2.20. The first-order chi connectivity index (χ1) is 10.8. The average molecular weight is 316 g/mol. The number of nitrogens with zero attached hydrogens (tertiary/aromatic N) is 1. The summed E-state index contributed by atoms with van der Waals surface area (Å²) in [6.07, 6.45) is 3.66. The number of benzene rings is 1. The second kappa shape index (κ2) is 9.15. The Bertz CT molecular complexity index is 521. The zero-order valence-corrected chi connectivity index (χ0v) is 16.7. The van der Waals surface area contributed by atoms with E-state index in [9.17, 15) is 0 Å². The van der Waals surface area contributed by atoms with Crippen LogP contribution in [-0.4, -0.2) is 6.54 Å². The lowest BCUT2D eigenvalue weighted by molar-refractivity contribution is 0.665. The summed E-state index contributed by atoms with van der Waals surface area (Å²) in [7, 11) is 0. The van der Waals surface area contributed by atoms with Gasteiger partial charge in [0.25, 0.3) is 0 Å². The molecule has 0 saturated carbocycles. The highest BCUT2D eigenvalue weighted by atomic mass is 15.1. The van der Waals surface area contributed by atoms with E-state index < -0.39 is 0 Å². The average Bonchev–Trinajstić information content (AvgIpc) is 2.50. The molecule has 0 aromatic heterocycles. The van der Waals surface area contributed by atoms with Crippen LogP contribution in [0, 0.1) is 12.8 Å². The quantitative estimate of drug-likeness (QED) is 0.496. The maximum absolute atomic E-state index is 2.59. The van der Waals surface area contributed by atoms with Crippen LogP contribution in [0.25, 0.3) is 0 Å². The topological polar surface area (TPSA) is 3.24 Å². The maximum atomic E-state index is 2.59. The predicted octanol–water partition coefficient (Wildman–Crippen LogP) is 7.06. The Balaban J connectivity index is 3.41. The van der Waals surface area contributed by atoms with E-state index >= 15 is 0 Å². The van der Waals surface area contributed by atoms with Crippen molar-refractivity contribution in [2.45, 2.75) is 80.6 Å². The molecule has 0 heterocycles. The molecule has 1 unspecified atom stereocenters. The molecule has 1 nitrogen and oxygen atoms in total. The molecule has 23 heavy (non-hydrogen) atoms. The lowest BCUT2D eigenvalue weighted by Gasteiger charge is -2.33. The summed E-state index contributed by atoms with van der Waals surface area (Å²) in [5.74, 6) is 1.17. The summed E-state index contributed by atoms with van der Waals surface area (Å²) in [4.78, 5) is 2.59. The van der Waals surface area contributed by atoms with Crippen molar-refractivity contribution in [2.75, 3.05) is 11.4 Å². The number of anilines is 1.